The zero-order chi connectivity index (χ0) is 12.1. The van der Waals surface area contributed by atoms with Gasteiger partial charge in [0.05, 0.1) is 18.6 Å². The van der Waals surface area contributed by atoms with Crippen LogP contribution in [0.15, 0.2) is 37.1 Å². The molecule has 0 amide bonds. The second-order valence-corrected chi connectivity index (χ2v) is 4.27. The molecule has 0 saturated carbocycles. The van der Waals surface area contributed by atoms with E-state index in [1.807, 2.05) is 18.6 Å². The number of pyridine rings is 1. The summed E-state index contributed by atoms with van der Waals surface area (Å²) >= 11 is 0. The Morgan fingerprint density at radius 2 is 2.35 bits per heavy atom. The maximum absolute atomic E-state index is 5.91. The lowest BCUT2D eigenvalue weighted by atomic mass is 10.1. The van der Waals surface area contributed by atoms with E-state index in [1.54, 1.807) is 6.20 Å². The fraction of sp³-hybridized carbons (Fsp3) is 0.385. The molecule has 2 rings (SSSR count). The van der Waals surface area contributed by atoms with E-state index in [4.69, 9.17) is 5.73 Å². The molecule has 1 atom stereocenters. The van der Waals surface area contributed by atoms with Crippen molar-refractivity contribution >= 4 is 0 Å². The summed E-state index contributed by atoms with van der Waals surface area (Å²) in [6.07, 6.45) is 9.39. The van der Waals surface area contributed by atoms with E-state index in [9.17, 15) is 0 Å². The Kier molecular flexibility index (Phi) is 3.88. The van der Waals surface area contributed by atoms with Crippen LogP contribution < -0.4 is 5.73 Å². The first-order valence-electron chi connectivity index (χ1n) is 5.93. The van der Waals surface area contributed by atoms with E-state index in [1.165, 1.54) is 5.56 Å². The minimum atomic E-state index is 0.205. The van der Waals surface area contributed by atoms with Crippen molar-refractivity contribution in [2.24, 2.45) is 5.73 Å². The summed E-state index contributed by atoms with van der Waals surface area (Å²) in [6.45, 7) is 2.90. The first-order valence-corrected chi connectivity index (χ1v) is 5.93. The smallest absolute Gasteiger partial charge is 0.0952 e. The van der Waals surface area contributed by atoms with Gasteiger partial charge in [0.25, 0.3) is 0 Å². The van der Waals surface area contributed by atoms with Crippen LogP contribution in [0.1, 0.15) is 24.6 Å². The van der Waals surface area contributed by atoms with Crippen LogP contribution in [0.3, 0.4) is 0 Å². The maximum atomic E-state index is 5.91. The normalized spacial score (nSPS) is 12.6. The van der Waals surface area contributed by atoms with Gasteiger partial charge < -0.3 is 10.3 Å². The van der Waals surface area contributed by atoms with E-state index in [0.717, 1.165) is 25.1 Å². The molecule has 90 valence electrons. The van der Waals surface area contributed by atoms with Gasteiger partial charge in [-0.1, -0.05) is 13.0 Å². The third kappa shape index (κ3) is 3.39. The molecular formula is C13H18N4. The fourth-order valence-corrected chi connectivity index (χ4v) is 1.71. The Morgan fingerprint density at radius 3 is 3.06 bits per heavy atom. The van der Waals surface area contributed by atoms with Gasteiger partial charge in [-0.3, -0.25) is 4.98 Å². The molecule has 0 aliphatic rings. The van der Waals surface area contributed by atoms with E-state index in [-0.39, 0.29) is 6.04 Å². The van der Waals surface area contributed by atoms with Crippen LogP contribution in [0.25, 0.3) is 0 Å². The number of hydrogen-bond acceptors (Lipinski definition) is 3. The van der Waals surface area contributed by atoms with Crippen LogP contribution in [0.4, 0.5) is 0 Å². The Labute approximate surface area is 102 Å². The van der Waals surface area contributed by atoms with E-state index in [2.05, 4.69) is 33.7 Å². The second kappa shape index (κ2) is 5.59. The largest absolute Gasteiger partial charge is 0.333 e. The van der Waals surface area contributed by atoms with Crippen molar-refractivity contribution in [3.05, 3.63) is 48.3 Å². The van der Waals surface area contributed by atoms with Gasteiger partial charge in [0.1, 0.15) is 0 Å². The molecule has 2 N–H and O–H groups in total. The van der Waals surface area contributed by atoms with Crippen molar-refractivity contribution in [3.63, 3.8) is 0 Å². The van der Waals surface area contributed by atoms with Crippen molar-refractivity contribution in [2.45, 2.75) is 32.4 Å². The van der Waals surface area contributed by atoms with Crippen LogP contribution >= 0.6 is 0 Å². The van der Waals surface area contributed by atoms with E-state index < -0.39 is 0 Å². The van der Waals surface area contributed by atoms with Crippen LogP contribution in [0, 0.1) is 0 Å². The highest BCUT2D eigenvalue weighted by Gasteiger charge is 2.04. The third-order valence-corrected chi connectivity index (χ3v) is 2.77. The minimum Gasteiger partial charge on any atom is -0.333 e. The lowest BCUT2D eigenvalue weighted by molar-refractivity contribution is 0.638. The van der Waals surface area contributed by atoms with Crippen LogP contribution in [0.5, 0.6) is 0 Å². The molecule has 2 heterocycles. The number of imidazole rings is 1. The first-order chi connectivity index (χ1) is 8.28. The molecule has 0 fully saturated rings. The summed E-state index contributed by atoms with van der Waals surface area (Å²) in [5.41, 5.74) is 8.14. The van der Waals surface area contributed by atoms with Crippen molar-refractivity contribution in [1.29, 1.82) is 0 Å². The molecule has 4 heteroatoms. The summed E-state index contributed by atoms with van der Waals surface area (Å²) in [5, 5.41) is 0. The number of rotatable bonds is 5. The van der Waals surface area contributed by atoms with Gasteiger partial charge in [-0.25, -0.2) is 4.98 Å². The summed E-state index contributed by atoms with van der Waals surface area (Å²) in [5.74, 6) is 0. The highest BCUT2D eigenvalue weighted by Crippen LogP contribution is 2.05. The average molecular weight is 230 g/mol. The lowest BCUT2D eigenvalue weighted by Crippen LogP contribution is -2.21. The zero-order valence-corrected chi connectivity index (χ0v) is 10.1. The van der Waals surface area contributed by atoms with Gasteiger partial charge in [0.15, 0.2) is 0 Å². The lowest BCUT2D eigenvalue weighted by Gasteiger charge is -2.05. The monoisotopic (exact) mass is 230 g/mol. The highest BCUT2D eigenvalue weighted by molar-refractivity contribution is 5.10. The summed E-state index contributed by atoms with van der Waals surface area (Å²) in [6, 6.07) is 4.21. The highest BCUT2D eigenvalue weighted by atomic mass is 15.0. The van der Waals surface area contributed by atoms with Crippen LogP contribution in [0.2, 0.25) is 0 Å². The molecule has 0 aliphatic heterocycles. The van der Waals surface area contributed by atoms with Gasteiger partial charge in [0, 0.05) is 31.1 Å². The van der Waals surface area contributed by atoms with E-state index in [0.29, 0.717) is 0 Å². The van der Waals surface area contributed by atoms with Gasteiger partial charge in [-0.15, -0.1) is 0 Å². The summed E-state index contributed by atoms with van der Waals surface area (Å²) < 4.78 is 2.06. The molecule has 0 bridgehead atoms. The molecule has 1 unspecified atom stereocenters. The van der Waals surface area contributed by atoms with Gasteiger partial charge >= 0.3 is 0 Å². The molecule has 0 aliphatic carbocycles. The second-order valence-electron chi connectivity index (χ2n) is 4.27. The molecule has 17 heavy (non-hydrogen) atoms. The predicted octanol–water partition coefficient (Wildman–Crippen LogP) is 1.61. The standard InChI is InChI=1S/C13H18N4/c1-2-12(14)6-13-9-17(10-16-13)8-11-4-3-5-15-7-11/h3-5,7,9-10,12H,2,6,8,14H2,1H3. The predicted molar refractivity (Wildman–Crippen MR) is 67.5 cm³/mol. The van der Waals surface area contributed by atoms with Crippen LogP contribution in [-0.2, 0) is 13.0 Å². The molecule has 0 saturated heterocycles. The van der Waals surface area contributed by atoms with Crippen molar-refractivity contribution < 1.29 is 0 Å². The Bertz CT molecular complexity index is 449. The SMILES string of the molecule is CCC(N)Cc1cn(Cc2cccnc2)cn1. The number of hydrogen-bond donors (Lipinski definition) is 1. The first kappa shape index (κ1) is 11.8. The molecular weight excluding hydrogens is 212 g/mol. The Balaban J connectivity index is 1.99. The van der Waals surface area contributed by atoms with Crippen molar-refractivity contribution in [3.8, 4) is 0 Å². The minimum absolute atomic E-state index is 0.205. The Hall–Kier alpha value is -1.68. The van der Waals surface area contributed by atoms with Crippen molar-refractivity contribution in [2.75, 3.05) is 0 Å². The summed E-state index contributed by atoms with van der Waals surface area (Å²) in [4.78, 5) is 8.46. The molecule has 2 aromatic rings. The van der Waals surface area contributed by atoms with E-state index >= 15 is 0 Å². The number of nitrogens with two attached hydrogens (primary N) is 1. The maximum Gasteiger partial charge on any atom is 0.0952 e. The Morgan fingerprint density at radius 1 is 1.47 bits per heavy atom. The number of nitrogens with zero attached hydrogens (tertiary/aromatic N) is 3. The molecule has 0 spiro atoms. The molecule has 0 aromatic carbocycles. The molecule has 0 radical (unpaired) electrons. The topological polar surface area (TPSA) is 56.7 Å². The van der Waals surface area contributed by atoms with Crippen molar-refractivity contribution in [1.82, 2.24) is 14.5 Å². The van der Waals surface area contributed by atoms with Gasteiger partial charge in [0.2, 0.25) is 0 Å². The van der Waals surface area contributed by atoms with Crippen LogP contribution in [-0.4, -0.2) is 20.6 Å². The zero-order valence-electron chi connectivity index (χ0n) is 10.1. The average Bonchev–Trinajstić information content (AvgIpc) is 2.77. The quantitative estimate of drug-likeness (QED) is 0.849. The molecule has 4 nitrogen and oxygen atoms in total. The number of aromatic nitrogens is 3. The molecule has 2 aromatic heterocycles. The summed E-state index contributed by atoms with van der Waals surface area (Å²) in [7, 11) is 0. The third-order valence-electron chi connectivity index (χ3n) is 2.77. The van der Waals surface area contributed by atoms with Gasteiger partial charge in [-0.05, 0) is 18.1 Å². The van der Waals surface area contributed by atoms with Gasteiger partial charge in [-0.2, -0.15) is 0 Å². The fourth-order valence-electron chi connectivity index (χ4n) is 1.71.